The molecule has 0 saturated carbocycles. The maximum Gasteiger partial charge on any atom is 0.409 e. The van der Waals surface area contributed by atoms with Crippen LogP contribution in [0.1, 0.15) is 39.2 Å². The average molecular weight is 403 g/mol. The van der Waals surface area contributed by atoms with Crippen molar-refractivity contribution in [1.29, 1.82) is 0 Å². The Bertz CT molecular complexity index is 900. The summed E-state index contributed by atoms with van der Waals surface area (Å²) in [7, 11) is 0. The number of ether oxygens (including phenoxy) is 3. The standard InChI is InChI=1S/C21H29N3O5/c1-21(2)13-28-18(29-14-21)9-12-27-20(26)23-10-7-15(8-11-23)24-17-6-4-3-5-16(17)22-19(24)25/h3-6,15,18H,7-14H2,1-2H3,(H,22,25). The lowest BCUT2D eigenvalue weighted by atomic mass is 9.95. The summed E-state index contributed by atoms with van der Waals surface area (Å²) in [5.74, 6) is 0. The van der Waals surface area contributed by atoms with Crippen molar-refractivity contribution in [1.82, 2.24) is 14.5 Å². The Morgan fingerprint density at radius 2 is 1.90 bits per heavy atom. The van der Waals surface area contributed by atoms with Gasteiger partial charge in [0.1, 0.15) is 0 Å². The number of amides is 1. The van der Waals surface area contributed by atoms with Gasteiger partial charge in [-0.15, -0.1) is 0 Å². The quantitative estimate of drug-likeness (QED) is 0.848. The lowest BCUT2D eigenvalue weighted by molar-refractivity contribution is -0.226. The molecule has 2 aliphatic heterocycles. The maximum atomic E-state index is 12.4. The van der Waals surface area contributed by atoms with Crippen LogP contribution in [0.5, 0.6) is 0 Å². The molecule has 0 bridgehead atoms. The van der Waals surface area contributed by atoms with E-state index in [-0.39, 0.29) is 36.1 Å². The molecule has 2 aromatic rings. The van der Waals surface area contributed by atoms with E-state index in [1.54, 1.807) is 4.90 Å². The number of piperidine rings is 1. The molecule has 8 heteroatoms. The number of nitrogens with one attached hydrogen (secondary N) is 1. The van der Waals surface area contributed by atoms with Crippen LogP contribution in [0.3, 0.4) is 0 Å². The molecule has 8 nitrogen and oxygen atoms in total. The Hall–Kier alpha value is -2.32. The largest absolute Gasteiger partial charge is 0.449 e. The fourth-order valence-electron chi connectivity index (χ4n) is 3.97. The topological polar surface area (TPSA) is 85.8 Å². The zero-order valence-corrected chi connectivity index (χ0v) is 17.1. The second kappa shape index (κ2) is 8.20. The molecule has 158 valence electrons. The first-order valence-electron chi connectivity index (χ1n) is 10.3. The van der Waals surface area contributed by atoms with Crippen molar-refractivity contribution in [3.63, 3.8) is 0 Å². The lowest BCUT2D eigenvalue weighted by Gasteiger charge is -2.34. The van der Waals surface area contributed by atoms with Crippen LogP contribution >= 0.6 is 0 Å². The molecule has 1 amide bonds. The number of nitrogens with zero attached hydrogens (tertiary/aromatic N) is 2. The molecule has 0 atom stereocenters. The van der Waals surface area contributed by atoms with Crippen molar-refractivity contribution in [2.75, 3.05) is 32.9 Å². The third-order valence-electron chi connectivity index (χ3n) is 5.61. The maximum absolute atomic E-state index is 12.4. The third kappa shape index (κ3) is 4.48. The summed E-state index contributed by atoms with van der Waals surface area (Å²) in [4.78, 5) is 29.3. The Kier molecular flexibility index (Phi) is 5.65. The van der Waals surface area contributed by atoms with Crippen molar-refractivity contribution in [2.24, 2.45) is 5.41 Å². The number of imidazole rings is 1. The number of hydrogen-bond donors (Lipinski definition) is 1. The van der Waals surface area contributed by atoms with E-state index < -0.39 is 0 Å². The first-order chi connectivity index (χ1) is 13.9. The number of fused-ring (bicyclic) bond motifs is 1. The van der Waals surface area contributed by atoms with E-state index >= 15 is 0 Å². The minimum atomic E-state index is -0.314. The number of benzene rings is 1. The number of aromatic amines is 1. The number of likely N-dealkylation sites (tertiary alicyclic amines) is 1. The minimum absolute atomic E-state index is 0.0320. The summed E-state index contributed by atoms with van der Waals surface area (Å²) in [6.45, 7) is 6.89. The molecule has 3 heterocycles. The van der Waals surface area contributed by atoms with E-state index in [2.05, 4.69) is 18.8 Å². The summed E-state index contributed by atoms with van der Waals surface area (Å²) < 4.78 is 18.5. The summed E-state index contributed by atoms with van der Waals surface area (Å²) in [6, 6.07) is 7.77. The molecular weight excluding hydrogens is 374 g/mol. The summed E-state index contributed by atoms with van der Waals surface area (Å²) in [5.41, 5.74) is 1.69. The van der Waals surface area contributed by atoms with Crippen molar-refractivity contribution in [2.45, 2.75) is 45.4 Å². The van der Waals surface area contributed by atoms with Gasteiger partial charge in [0.25, 0.3) is 0 Å². The van der Waals surface area contributed by atoms with Gasteiger partial charge in [-0.25, -0.2) is 9.59 Å². The van der Waals surface area contributed by atoms with Crippen LogP contribution in [0, 0.1) is 5.41 Å². The van der Waals surface area contributed by atoms with E-state index in [0.717, 1.165) is 23.9 Å². The Balaban J connectivity index is 1.25. The van der Waals surface area contributed by atoms with Gasteiger partial charge in [0.15, 0.2) is 6.29 Å². The second-order valence-electron chi connectivity index (χ2n) is 8.65. The highest BCUT2D eigenvalue weighted by Gasteiger charge is 2.29. The smallest absolute Gasteiger partial charge is 0.409 e. The number of hydrogen-bond acceptors (Lipinski definition) is 5. The Morgan fingerprint density at radius 1 is 1.21 bits per heavy atom. The van der Waals surface area contributed by atoms with Gasteiger partial charge >= 0.3 is 11.8 Å². The van der Waals surface area contributed by atoms with E-state index in [0.29, 0.717) is 32.7 Å². The van der Waals surface area contributed by atoms with E-state index in [9.17, 15) is 9.59 Å². The van der Waals surface area contributed by atoms with Gasteiger partial charge in [0, 0.05) is 31.0 Å². The minimum Gasteiger partial charge on any atom is -0.449 e. The van der Waals surface area contributed by atoms with Gasteiger partial charge in [-0.3, -0.25) is 4.57 Å². The number of aromatic nitrogens is 2. The average Bonchev–Trinajstić information content (AvgIpc) is 3.05. The predicted octanol–water partition coefficient (Wildman–Crippen LogP) is 2.89. The molecule has 1 aromatic heterocycles. The second-order valence-corrected chi connectivity index (χ2v) is 8.65. The number of para-hydroxylation sites is 2. The molecule has 2 saturated heterocycles. The monoisotopic (exact) mass is 403 g/mol. The number of carbonyl (C=O) groups excluding carboxylic acids is 1. The number of rotatable bonds is 4. The fourth-order valence-corrected chi connectivity index (χ4v) is 3.97. The van der Waals surface area contributed by atoms with E-state index in [4.69, 9.17) is 14.2 Å². The molecule has 0 unspecified atom stereocenters. The molecule has 0 spiro atoms. The Morgan fingerprint density at radius 3 is 2.62 bits per heavy atom. The predicted molar refractivity (Wildman–Crippen MR) is 108 cm³/mol. The first kappa shape index (κ1) is 20.0. The number of carbonyl (C=O) groups is 1. The molecule has 2 fully saturated rings. The molecule has 4 rings (SSSR count). The highest BCUT2D eigenvalue weighted by atomic mass is 16.7. The fraction of sp³-hybridized carbons (Fsp3) is 0.619. The summed E-state index contributed by atoms with van der Waals surface area (Å²) >= 11 is 0. The van der Waals surface area contributed by atoms with E-state index in [1.165, 1.54) is 0 Å². The normalized spacial score (nSPS) is 20.8. The lowest BCUT2D eigenvalue weighted by Crippen LogP contribution is -2.41. The highest BCUT2D eigenvalue weighted by molar-refractivity contribution is 5.75. The van der Waals surface area contributed by atoms with Crippen molar-refractivity contribution in [3.05, 3.63) is 34.7 Å². The zero-order chi connectivity index (χ0) is 20.4. The van der Waals surface area contributed by atoms with Gasteiger partial charge in [-0.05, 0) is 25.0 Å². The van der Waals surface area contributed by atoms with Crippen molar-refractivity contribution >= 4 is 17.1 Å². The van der Waals surface area contributed by atoms with Crippen LogP contribution in [-0.4, -0.2) is 59.7 Å². The van der Waals surface area contributed by atoms with Crippen LogP contribution in [0.25, 0.3) is 11.0 Å². The van der Waals surface area contributed by atoms with Crippen LogP contribution in [0.4, 0.5) is 4.79 Å². The molecule has 1 aromatic carbocycles. The van der Waals surface area contributed by atoms with Crippen LogP contribution < -0.4 is 5.69 Å². The van der Waals surface area contributed by atoms with Gasteiger partial charge < -0.3 is 24.1 Å². The van der Waals surface area contributed by atoms with Crippen LogP contribution in [0.2, 0.25) is 0 Å². The molecule has 0 radical (unpaired) electrons. The van der Waals surface area contributed by atoms with Crippen molar-refractivity contribution < 1.29 is 19.0 Å². The van der Waals surface area contributed by atoms with Gasteiger partial charge in [0.05, 0.1) is 30.9 Å². The van der Waals surface area contributed by atoms with Gasteiger partial charge in [0.2, 0.25) is 0 Å². The molecular formula is C21H29N3O5. The molecule has 2 aliphatic rings. The molecule has 1 N–H and O–H groups in total. The van der Waals surface area contributed by atoms with Crippen LogP contribution in [0.15, 0.2) is 29.1 Å². The SMILES string of the molecule is CC1(C)COC(CCOC(=O)N2CCC(n3c(=O)[nH]c4ccccc43)CC2)OC1. The zero-order valence-electron chi connectivity index (χ0n) is 17.1. The number of H-pyrrole nitrogens is 1. The van der Waals surface area contributed by atoms with Crippen LogP contribution in [-0.2, 0) is 14.2 Å². The molecule has 29 heavy (non-hydrogen) atoms. The first-order valence-corrected chi connectivity index (χ1v) is 10.3. The summed E-state index contributed by atoms with van der Waals surface area (Å²) in [6.07, 6.45) is 1.35. The summed E-state index contributed by atoms with van der Waals surface area (Å²) in [5, 5.41) is 0. The molecule has 0 aliphatic carbocycles. The Labute approximate surface area is 169 Å². The van der Waals surface area contributed by atoms with Gasteiger partial charge in [-0.2, -0.15) is 0 Å². The van der Waals surface area contributed by atoms with Gasteiger partial charge in [-0.1, -0.05) is 26.0 Å². The van der Waals surface area contributed by atoms with E-state index in [1.807, 2.05) is 28.8 Å². The van der Waals surface area contributed by atoms with Crippen molar-refractivity contribution in [3.8, 4) is 0 Å². The highest BCUT2D eigenvalue weighted by Crippen LogP contribution is 2.26. The third-order valence-corrected chi connectivity index (χ3v) is 5.61.